The SMILES string of the molecule is Cc1nn(C)c(C)c1CCC(=O)N(C)CCCC(=O)O. The fourth-order valence-corrected chi connectivity index (χ4v) is 2.19. The number of amides is 1. The zero-order valence-corrected chi connectivity index (χ0v) is 12.6. The Morgan fingerprint density at radius 3 is 2.45 bits per heavy atom. The molecule has 1 heterocycles. The molecule has 0 saturated heterocycles. The number of aliphatic carboxylic acids is 1. The molecule has 0 aliphatic heterocycles. The average Bonchev–Trinajstić information content (AvgIpc) is 2.60. The van der Waals surface area contributed by atoms with E-state index in [1.165, 1.54) is 0 Å². The minimum absolute atomic E-state index is 0.0399. The molecule has 112 valence electrons. The zero-order chi connectivity index (χ0) is 15.3. The number of carboxylic acid groups (broad SMARTS) is 1. The van der Waals surface area contributed by atoms with Crippen LogP contribution >= 0.6 is 0 Å². The summed E-state index contributed by atoms with van der Waals surface area (Å²) in [6, 6.07) is 0. The number of aromatic nitrogens is 2. The first-order valence-electron chi connectivity index (χ1n) is 6.77. The van der Waals surface area contributed by atoms with Crippen LogP contribution in [0.4, 0.5) is 0 Å². The normalized spacial score (nSPS) is 10.6. The Bertz CT molecular complexity index is 494. The minimum atomic E-state index is -0.826. The van der Waals surface area contributed by atoms with E-state index < -0.39 is 5.97 Å². The fraction of sp³-hybridized carbons (Fsp3) is 0.643. The molecule has 0 unspecified atom stereocenters. The Morgan fingerprint density at radius 2 is 1.95 bits per heavy atom. The first kappa shape index (κ1) is 16.2. The van der Waals surface area contributed by atoms with Crippen molar-refractivity contribution < 1.29 is 14.7 Å². The maximum Gasteiger partial charge on any atom is 0.303 e. The van der Waals surface area contributed by atoms with Gasteiger partial charge in [-0.05, 0) is 32.3 Å². The lowest BCUT2D eigenvalue weighted by Crippen LogP contribution is -2.28. The first-order valence-corrected chi connectivity index (χ1v) is 6.77. The highest BCUT2D eigenvalue weighted by atomic mass is 16.4. The van der Waals surface area contributed by atoms with Crippen molar-refractivity contribution in [3.8, 4) is 0 Å². The van der Waals surface area contributed by atoms with Gasteiger partial charge in [-0.1, -0.05) is 0 Å². The second-order valence-electron chi connectivity index (χ2n) is 5.09. The second kappa shape index (κ2) is 7.07. The van der Waals surface area contributed by atoms with Crippen molar-refractivity contribution in [3.05, 3.63) is 17.0 Å². The van der Waals surface area contributed by atoms with Crippen LogP contribution in [0.2, 0.25) is 0 Å². The molecule has 0 atom stereocenters. The van der Waals surface area contributed by atoms with E-state index in [1.807, 2.05) is 25.6 Å². The van der Waals surface area contributed by atoms with Crippen molar-refractivity contribution in [1.29, 1.82) is 0 Å². The molecule has 0 aromatic carbocycles. The Hall–Kier alpha value is -1.85. The van der Waals surface area contributed by atoms with Gasteiger partial charge in [-0.3, -0.25) is 14.3 Å². The smallest absolute Gasteiger partial charge is 0.303 e. The van der Waals surface area contributed by atoms with Gasteiger partial charge in [-0.15, -0.1) is 0 Å². The number of carbonyl (C=O) groups is 2. The quantitative estimate of drug-likeness (QED) is 0.817. The molecule has 0 radical (unpaired) electrons. The predicted octanol–water partition coefficient (Wildman–Crippen LogP) is 1.29. The predicted molar refractivity (Wildman–Crippen MR) is 75.5 cm³/mol. The average molecular weight is 281 g/mol. The molecular formula is C14H23N3O3. The van der Waals surface area contributed by atoms with Crippen LogP contribution in [0.15, 0.2) is 0 Å². The second-order valence-corrected chi connectivity index (χ2v) is 5.09. The van der Waals surface area contributed by atoms with Crippen molar-refractivity contribution in [1.82, 2.24) is 14.7 Å². The summed E-state index contributed by atoms with van der Waals surface area (Å²) in [4.78, 5) is 24.0. The van der Waals surface area contributed by atoms with E-state index in [2.05, 4.69) is 5.10 Å². The highest BCUT2D eigenvalue weighted by Crippen LogP contribution is 2.14. The summed E-state index contributed by atoms with van der Waals surface area (Å²) in [5.74, 6) is -0.787. The molecule has 6 heteroatoms. The largest absolute Gasteiger partial charge is 0.481 e. The molecule has 1 rings (SSSR count). The van der Waals surface area contributed by atoms with Gasteiger partial charge in [-0.25, -0.2) is 0 Å². The van der Waals surface area contributed by atoms with Gasteiger partial charge in [0.2, 0.25) is 5.91 Å². The maximum absolute atomic E-state index is 12.0. The van der Waals surface area contributed by atoms with E-state index in [0.29, 0.717) is 25.8 Å². The molecule has 0 spiro atoms. The van der Waals surface area contributed by atoms with Gasteiger partial charge >= 0.3 is 5.97 Å². The number of rotatable bonds is 7. The number of carbonyl (C=O) groups excluding carboxylic acids is 1. The molecule has 1 aromatic heterocycles. The van der Waals surface area contributed by atoms with Crippen LogP contribution in [0.1, 0.15) is 36.2 Å². The van der Waals surface area contributed by atoms with Crippen molar-refractivity contribution in [3.63, 3.8) is 0 Å². The Labute approximate surface area is 119 Å². The van der Waals surface area contributed by atoms with Crippen molar-refractivity contribution in [2.45, 2.75) is 39.5 Å². The molecule has 0 fully saturated rings. The van der Waals surface area contributed by atoms with Crippen LogP contribution in [0, 0.1) is 13.8 Å². The van der Waals surface area contributed by atoms with Gasteiger partial charge in [0.05, 0.1) is 5.69 Å². The van der Waals surface area contributed by atoms with E-state index in [-0.39, 0.29) is 12.3 Å². The third kappa shape index (κ3) is 4.36. The Balaban J connectivity index is 2.44. The highest BCUT2D eigenvalue weighted by molar-refractivity contribution is 5.76. The van der Waals surface area contributed by atoms with Gasteiger partial charge < -0.3 is 10.0 Å². The van der Waals surface area contributed by atoms with E-state index >= 15 is 0 Å². The van der Waals surface area contributed by atoms with Crippen LogP contribution < -0.4 is 0 Å². The van der Waals surface area contributed by atoms with Gasteiger partial charge in [0.25, 0.3) is 0 Å². The Kier molecular flexibility index (Phi) is 5.73. The first-order chi connectivity index (χ1) is 9.32. The third-order valence-corrected chi connectivity index (χ3v) is 3.56. The lowest BCUT2D eigenvalue weighted by Gasteiger charge is -2.16. The summed E-state index contributed by atoms with van der Waals surface area (Å²) in [7, 11) is 3.61. The van der Waals surface area contributed by atoms with Crippen LogP contribution in [-0.2, 0) is 23.1 Å². The van der Waals surface area contributed by atoms with Crippen LogP contribution in [0.3, 0.4) is 0 Å². The van der Waals surface area contributed by atoms with Gasteiger partial charge in [0.15, 0.2) is 0 Å². The summed E-state index contributed by atoms with van der Waals surface area (Å²) in [5.41, 5.74) is 3.18. The summed E-state index contributed by atoms with van der Waals surface area (Å²) >= 11 is 0. The molecule has 6 nitrogen and oxygen atoms in total. The number of hydrogen-bond donors (Lipinski definition) is 1. The lowest BCUT2D eigenvalue weighted by atomic mass is 10.1. The van der Waals surface area contributed by atoms with E-state index in [1.54, 1.807) is 11.9 Å². The molecule has 1 aromatic rings. The van der Waals surface area contributed by atoms with Crippen LogP contribution in [0.25, 0.3) is 0 Å². The van der Waals surface area contributed by atoms with E-state index in [4.69, 9.17) is 5.11 Å². The molecule has 0 aliphatic carbocycles. The number of aryl methyl sites for hydroxylation is 2. The summed E-state index contributed by atoms with van der Waals surface area (Å²) in [6.07, 6.45) is 1.69. The van der Waals surface area contributed by atoms with Gasteiger partial charge in [-0.2, -0.15) is 5.10 Å². The minimum Gasteiger partial charge on any atom is -0.481 e. The number of hydrogen-bond acceptors (Lipinski definition) is 3. The lowest BCUT2D eigenvalue weighted by molar-refractivity contribution is -0.138. The monoisotopic (exact) mass is 281 g/mol. The summed E-state index contributed by atoms with van der Waals surface area (Å²) in [6.45, 7) is 4.43. The van der Waals surface area contributed by atoms with Gasteiger partial charge in [0.1, 0.15) is 0 Å². The molecule has 0 aliphatic rings. The maximum atomic E-state index is 12.0. The molecule has 1 amide bonds. The molecule has 1 N–H and O–H groups in total. The standard InChI is InChI=1S/C14H23N3O3/c1-10-12(11(2)17(4)15-10)7-8-13(18)16(3)9-5-6-14(19)20/h5-9H2,1-4H3,(H,19,20). The zero-order valence-electron chi connectivity index (χ0n) is 12.6. The van der Waals surface area contributed by atoms with E-state index in [0.717, 1.165) is 17.0 Å². The van der Waals surface area contributed by atoms with Crippen molar-refractivity contribution in [2.24, 2.45) is 7.05 Å². The van der Waals surface area contributed by atoms with Crippen LogP contribution in [-0.4, -0.2) is 45.3 Å². The van der Waals surface area contributed by atoms with Crippen LogP contribution in [0.5, 0.6) is 0 Å². The molecule has 0 saturated carbocycles. The third-order valence-electron chi connectivity index (χ3n) is 3.56. The summed E-state index contributed by atoms with van der Waals surface area (Å²) in [5, 5.41) is 12.9. The summed E-state index contributed by atoms with van der Waals surface area (Å²) < 4.78 is 1.83. The number of carboxylic acids is 1. The highest BCUT2D eigenvalue weighted by Gasteiger charge is 2.13. The molecule has 0 bridgehead atoms. The van der Waals surface area contributed by atoms with Crippen molar-refractivity contribution >= 4 is 11.9 Å². The van der Waals surface area contributed by atoms with Crippen molar-refractivity contribution in [2.75, 3.05) is 13.6 Å². The van der Waals surface area contributed by atoms with E-state index in [9.17, 15) is 9.59 Å². The topological polar surface area (TPSA) is 75.4 Å². The fourth-order valence-electron chi connectivity index (χ4n) is 2.19. The molecular weight excluding hydrogens is 258 g/mol. The Morgan fingerprint density at radius 1 is 1.30 bits per heavy atom. The molecule has 20 heavy (non-hydrogen) atoms. The van der Waals surface area contributed by atoms with Gasteiger partial charge in [0, 0.05) is 39.2 Å². The number of nitrogens with zero attached hydrogens (tertiary/aromatic N) is 3.